The zero-order valence-electron chi connectivity index (χ0n) is 8.51. The summed E-state index contributed by atoms with van der Waals surface area (Å²) in [5.41, 5.74) is 1.13. The van der Waals surface area contributed by atoms with Crippen molar-refractivity contribution in [1.29, 1.82) is 0 Å². The minimum absolute atomic E-state index is 0.726. The summed E-state index contributed by atoms with van der Waals surface area (Å²) in [5.74, 6) is 1.61. The highest BCUT2D eigenvalue weighted by Crippen LogP contribution is 2.04. The van der Waals surface area contributed by atoms with Crippen LogP contribution in [0.4, 0.5) is 5.82 Å². The Morgan fingerprint density at radius 1 is 1.27 bits per heavy atom. The van der Waals surface area contributed by atoms with Crippen molar-refractivity contribution in [3.63, 3.8) is 0 Å². The van der Waals surface area contributed by atoms with Crippen LogP contribution in [-0.2, 0) is 6.54 Å². The van der Waals surface area contributed by atoms with Crippen molar-refractivity contribution in [2.24, 2.45) is 0 Å². The molecule has 4 nitrogen and oxygen atoms in total. The maximum Gasteiger partial charge on any atom is 0.129 e. The molecule has 0 saturated heterocycles. The van der Waals surface area contributed by atoms with Crippen LogP contribution in [0.25, 0.3) is 0 Å². The molecule has 2 heterocycles. The Kier molecular flexibility index (Phi) is 2.88. The molecule has 0 radical (unpaired) electrons. The van der Waals surface area contributed by atoms with Gasteiger partial charge in [-0.15, -0.1) is 0 Å². The Hall–Kier alpha value is -1.97. The van der Waals surface area contributed by atoms with Gasteiger partial charge in [-0.05, 0) is 24.6 Å². The molecule has 0 saturated carbocycles. The number of anilines is 1. The quantitative estimate of drug-likeness (QED) is 0.820. The van der Waals surface area contributed by atoms with Crippen LogP contribution in [0.3, 0.4) is 0 Å². The van der Waals surface area contributed by atoms with Crippen molar-refractivity contribution >= 4 is 5.82 Å². The Labute approximate surface area is 88.4 Å². The SMILES string of the molecule is Cc1nccc(NCc2cccnc2)n1. The molecule has 1 N–H and O–H groups in total. The fourth-order valence-electron chi connectivity index (χ4n) is 1.25. The van der Waals surface area contributed by atoms with Crippen LogP contribution in [0.15, 0.2) is 36.8 Å². The highest BCUT2D eigenvalue weighted by atomic mass is 15.0. The lowest BCUT2D eigenvalue weighted by molar-refractivity contribution is 1.02. The molecule has 0 aliphatic carbocycles. The molecule has 0 amide bonds. The number of aryl methyl sites for hydroxylation is 1. The van der Waals surface area contributed by atoms with Gasteiger partial charge in [0.2, 0.25) is 0 Å². The predicted molar refractivity (Wildman–Crippen MR) is 58.3 cm³/mol. The van der Waals surface area contributed by atoms with Gasteiger partial charge in [0.15, 0.2) is 0 Å². The van der Waals surface area contributed by atoms with E-state index in [0.29, 0.717) is 0 Å². The van der Waals surface area contributed by atoms with E-state index in [0.717, 1.165) is 23.8 Å². The second kappa shape index (κ2) is 4.50. The van der Waals surface area contributed by atoms with Crippen molar-refractivity contribution in [3.8, 4) is 0 Å². The zero-order valence-corrected chi connectivity index (χ0v) is 8.51. The summed E-state index contributed by atoms with van der Waals surface area (Å²) in [4.78, 5) is 12.3. The van der Waals surface area contributed by atoms with E-state index in [9.17, 15) is 0 Å². The maximum atomic E-state index is 4.25. The van der Waals surface area contributed by atoms with Crippen molar-refractivity contribution < 1.29 is 0 Å². The number of rotatable bonds is 3. The van der Waals surface area contributed by atoms with E-state index in [1.807, 2.05) is 31.3 Å². The molecule has 0 spiro atoms. The molecular formula is C11H12N4. The molecule has 0 aromatic carbocycles. The summed E-state index contributed by atoms with van der Waals surface area (Å²) in [7, 11) is 0. The zero-order chi connectivity index (χ0) is 10.5. The molecule has 15 heavy (non-hydrogen) atoms. The van der Waals surface area contributed by atoms with E-state index in [2.05, 4.69) is 20.3 Å². The van der Waals surface area contributed by atoms with Gasteiger partial charge in [0, 0.05) is 25.1 Å². The van der Waals surface area contributed by atoms with Crippen molar-refractivity contribution in [2.75, 3.05) is 5.32 Å². The monoisotopic (exact) mass is 200 g/mol. The minimum atomic E-state index is 0.726. The number of nitrogens with one attached hydrogen (secondary N) is 1. The molecular weight excluding hydrogens is 188 g/mol. The van der Waals surface area contributed by atoms with Gasteiger partial charge >= 0.3 is 0 Å². The van der Waals surface area contributed by atoms with Gasteiger partial charge in [0.25, 0.3) is 0 Å². The van der Waals surface area contributed by atoms with Gasteiger partial charge in [0.05, 0.1) is 0 Å². The van der Waals surface area contributed by atoms with Crippen LogP contribution in [0.2, 0.25) is 0 Å². The number of hydrogen-bond acceptors (Lipinski definition) is 4. The minimum Gasteiger partial charge on any atom is -0.366 e. The van der Waals surface area contributed by atoms with E-state index in [4.69, 9.17) is 0 Å². The molecule has 2 rings (SSSR count). The Bertz CT molecular complexity index is 428. The van der Waals surface area contributed by atoms with E-state index in [1.54, 1.807) is 12.4 Å². The maximum absolute atomic E-state index is 4.25. The second-order valence-corrected chi connectivity index (χ2v) is 3.20. The first kappa shape index (κ1) is 9.58. The summed E-state index contributed by atoms with van der Waals surface area (Å²) in [5, 5.41) is 3.21. The third kappa shape index (κ3) is 2.74. The number of pyridine rings is 1. The summed E-state index contributed by atoms with van der Waals surface area (Å²) < 4.78 is 0. The highest BCUT2D eigenvalue weighted by molar-refractivity contribution is 5.33. The fraction of sp³-hybridized carbons (Fsp3) is 0.182. The first-order valence-corrected chi connectivity index (χ1v) is 4.77. The predicted octanol–water partition coefficient (Wildman–Crippen LogP) is 1.79. The first-order valence-electron chi connectivity index (χ1n) is 4.77. The third-order valence-electron chi connectivity index (χ3n) is 1.97. The Morgan fingerprint density at radius 2 is 2.20 bits per heavy atom. The molecule has 0 aliphatic rings. The van der Waals surface area contributed by atoms with Gasteiger partial charge < -0.3 is 5.32 Å². The molecule has 4 heteroatoms. The topological polar surface area (TPSA) is 50.7 Å². The van der Waals surface area contributed by atoms with Crippen LogP contribution in [-0.4, -0.2) is 15.0 Å². The van der Waals surface area contributed by atoms with Crippen LogP contribution < -0.4 is 5.32 Å². The van der Waals surface area contributed by atoms with Crippen molar-refractivity contribution in [1.82, 2.24) is 15.0 Å². The lowest BCUT2D eigenvalue weighted by atomic mass is 10.3. The molecule has 2 aromatic rings. The second-order valence-electron chi connectivity index (χ2n) is 3.20. The van der Waals surface area contributed by atoms with Crippen LogP contribution in [0, 0.1) is 6.92 Å². The molecule has 2 aromatic heterocycles. The van der Waals surface area contributed by atoms with Crippen LogP contribution in [0.5, 0.6) is 0 Å². The Morgan fingerprint density at radius 3 is 2.93 bits per heavy atom. The number of hydrogen-bond donors (Lipinski definition) is 1. The first-order chi connectivity index (χ1) is 7.34. The lowest BCUT2D eigenvalue weighted by Crippen LogP contribution is -2.02. The fourth-order valence-corrected chi connectivity index (χ4v) is 1.25. The highest BCUT2D eigenvalue weighted by Gasteiger charge is 1.95. The van der Waals surface area contributed by atoms with Crippen LogP contribution >= 0.6 is 0 Å². The molecule has 76 valence electrons. The van der Waals surface area contributed by atoms with E-state index < -0.39 is 0 Å². The standard InChI is InChI=1S/C11H12N4/c1-9-13-6-4-11(15-9)14-8-10-3-2-5-12-7-10/h2-7H,8H2,1H3,(H,13,14,15). The summed E-state index contributed by atoms with van der Waals surface area (Å²) in [6, 6.07) is 5.79. The van der Waals surface area contributed by atoms with E-state index in [1.165, 1.54) is 0 Å². The molecule has 0 aliphatic heterocycles. The molecule has 0 atom stereocenters. The van der Waals surface area contributed by atoms with E-state index in [-0.39, 0.29) is 0 Å². The summed E-state index contributed by atoms with van der Waals surface area (Å²) >= 11 is 0. The Balaban J connectivity index is 1.99. The number of nitrogens with zero attached hydrogens (tertiary/aromatic N) is 3. The average Bonchev–Trinajstić information content (AvgIpc) is 2.28. The van der Waals surface area contributed by atoms with Crippen molar-refractivity contribution in [2.45, 2.75) is 13.5 Å². The lowest BCUT2D eigenvalue weighted by Gasteiger charge is -2.04. The van der Waals surface area contributed by atoms with Crippen molar-refractivity contribution in [3.05, 3.63) is 48.2 Å². The molecule has 0 bridgehead atoms. The largest absolute Gasteiger partial charge is 0.366 e. The van der Waals surface area contributed by atoms with Gasteiger partial charge in [0.1, 0.15) is 11.6 Å². The van der Waals surface area contributed by atoms with Crippen LogP contribution in [0.1, 0.15) is 11.4 Å². The third-order valence-corrected chi connectivity index (χ3v) is 1.97. The summed E-state index contributed by atoms with van der Waals surface area (Å²) in [6.07, 6.45) is 5.34. The normalized spacial score (nSPS) is 9.93. The summed E-state index contributed by atoms with van der Waals surface area (Å²) in [6.45, 7) is 2.60. The van der Waals surface area contributed by atoms with Gasteiger partial charge in [-0.1, -0.05) is 6.07 Å². The molecule has 0 fully saturated rings. The average molecular weight is 200 g/mol. The molecule has 0 unspecified atom stereocenters. The smallest absolute Gasteiger partial charge is 0.129 e. The number of aromatic nitrogens is 3. The van der Waals surface area contributed by atoms with E-state index >= 15 is 0 Å². The van der Waals surface area contributed by atoms with Gasteiger partial charge in [-0.25, -0.2) is 9.97 Å². The van der Waals surface area contributed by atoms with Gasteiger partial charge in [-0.3, -0.25) is 4.98 Å². The van der Waals surface area contributed by atoms with Gasteiger partial charge in [-0.2, -0.15) is 0 Å².